The lowest BCUT2D eigenvalue weighted by atomic mass is 10.1. The van der Waals surface area contributed by atoms with Crippen LogP contribution in [0.25, 0.3) is 6.08 Å². The van der Waals surface area contributed by atoms with Crippen molar-refractivity contribution in [3.8, 4) is 0 Å². The summed E-state index contributed by atoms with van der Waals surface area (Å²) >= 11 is 12.9. The SMILES string of the molecule is CCN(CC)c1ccc(C=C2SC(=S)N(CNc3cccc(Cl)c3C)C2=O)cc1. The molecule has 0 bridgehead atoms. The smallest absolute Gasteiger partial charge is 0.267 e. The van der Waals surface area contributed by atoms with Crippen LogP contribution in [0.4, 0.5) is 11.4 Å². The lowest BCUT2D eigenvalue weighted by Gasteiger charge is -2.20. The molecule has 4 nitrogen and oxygen atoms in total. The Balaban J connectivity index is 1.70. The van der Waals surface area contributed by atoms with Crippen LogP contribution in [-0.4, -0.2) is 34.9 Å². The molecule has 1 fully saturated rings. The van der Waals surface area contributed by atoms with E-state index in [4.69, 9.17) is 23.8 Å². The third-order valence-electron chi connectivity index (χ3n) is 4.89. The molecule has 1 heterocycles. The maximum Gasteiger partial charge on any atom is 0.267 e. The number of rotatable bonds is 7. The van der Waals surface area contributed by atoms with Crippen molar-refractivity contribution in [3.05, 3.63) is 63.5 Å². The molecule has 1 aliphatic heterocycles. The van der Waals surface area contributed by atoms with Crippen LogP contribution in [0.1, 0.15) is 25.0 Å². The largest absolute Gasteiger partial charge is 0.372 e. The van der Waals surface area contributed by atoms with E-state index in [9.17, 15) is 4.79 Å². The molecule has 1 N–H and O–H groups in total. The van der Waals surface area contributed by atoms with Gasteiger partial charge in [0.15, 0.2) is 0 Å². The van der Waals surface area contributed by atoms with Crippen molar-refractivity contribution in [1.82, 2.24) is 4.90 Å². The normalized spacial score (nSPS) is 15.3. The number of halogens is 1. The Bertz CT molecular complexity index is 940. The minimum atomic E-state index is -0.0833. The molecule has 0 aromatic heterocycles. The maximum atomic E-state index is 12.8. The van der Waals surface area contributed by atoms with Crippen LogP contribution >= 0.6 is 35.6 Å². The summed E-state index contributed by atoms with van der Waals surface area (Å²) in [6, 6.07) is 13.9. The molecule has 2 aromatic carbocycles. The number of hydrogen-bond donors (Lipinski definition) is 1. The lowest BCUT2D eigenvalue weighted by Crippen LogP contribution is -2.33. The van der Waals surface area contributed by atoms with Gasteiger partial charge in [-0.25, -0.2) is 0 Å². The molecule has 0 aliphatic carbocycles. The summed E-state index contributed by atoms with van der Waals surface area (Å²) in [6.07, 6.45) is 1.90. The Kier molecular flexibility index (Phi) is 7.22. The summed E-state index contributed by atoms with van der Waals surface area (Å²) in [4.78, 5) is 17.3. The van der Waals surface area contributed by atoms with Crippen LogP contribution in [0.3, 0.4) is 0 Å². The Morgan fingerprint density at radius 3 is 2.52 bits per heavy atom. The molecule has 152 valence electrons. The van der Waals surface area contributed by atoms with Crippen LogP contribution in [0.2, 0.25) is 5.02 Å². The third-order valence-corrected chi connectivity index (χ3v) is 6.68. The molecule has 1 aliphatic rings. The number of carbonyl (C=O) groups excluding carboxylic acids is 1. The number of benzene rings is 2. The van der Waals surface area contributed by atoms with E-state index < -0.39 is 0 Å². The van der Waals surface area contributed by atoms with Crippen LogP contribution in [-0.2, 0) is 4.79 Å². The van der Waals surface area contributed by atoms with Gasteiger partial charge in [-0.05, 0) is 62.2 Å². The summed E-state index contributed by atoms with van der Waals surface area (Å²) in [7, 11) is 0. The predicted octanol–water partition coefficient (Wildman–Crippen LogP) is 5.77. The predicted molar refractivity (Wildman–Crippen MR) is 130 cm³/mol. The molecule has 0 radical (unpaired) electrons. The van der Waals surface area contributed by atoms with Gasteiger partial charge >= 0.3 is 0 Å². The molecule has 1 amide bonds. The van der Waals surface area contributed by atoms with Gasteiger partial charge in [-0.1, -0.05) is 53.8 Å². The second-order valence-corrected chi connectivity index (χ2v) is 8.70. The van der Waals surface area contributed by atoms with Crippen molar-refractivity contribution < 1.29 is 4.79 Å². The van der Waals surface area contributed by atoms with Gasteiger partial charge in [-0.2, -0.15) is 0 Å². The van der Waals surface area contributed by atoms with Gasteiger partial charge in [-0.15, -0.1) is 0 Å². The molecule has 2 aromatic rings. The summed E-state index contributed by atoms with van der Waals surface area (Å²) in [6.45, 7) is 8.46. The fraction of sp³-hybridized carbons (Fsp3) is 0.273. The first kappa shape index (κ1) is 21.7. The van der Waals surface area contributed by atoms with E-state index in [2.05, 4.69) is 36.2 Å². The van der Waals surface area contributed by atoms with Gasteiger partial charge in [0, 0.05) is 29.5 Å². The molecule has 0 unspecified atom stereocenters. The lowest BCUT2D eigenvalue weighted by molar-refractivity contribution is -0.121. The molecule has 7 heteroatoms. The van der Waals surface area contributed by atoms with E-state index in [0.717, 1.165) is 29.9 Å². The van der Waals surface area contributed by atoms with Crippen molar-refractivity contribution in [1.29, 1.82) is 0 Å². The number of amides is 1. The van der Waals surface area contributed by atoms with Gasteiger partial charge in [-0.3, -0.25) is 9.69 Å². The first-order valence-electron chi connectivity index (χ1n) is 9.54. The van der Waals surface area contributed by atoms with Crippen LogP contribution in [0, 0.1) is 6.92 Å². The Hall–Kier alpha value is -2.02. The average Bonchev–Trinajstić information content (AvgIpc) is 2.98. The fourth-order valence-electron chi connectivity index (χ4n) is 3.12. The number of carbonyl (C=O) groups is 1. The van der Waals surface area contributed by atoms with Gasteiger partial charge in [0.2, 0.25) is 0 Å². The molecular formula is C22H24ClN3OS2. The van der Waals surface area contributed by atoms with Gasteiger partial charge in [0.1, 0.15) is 4.32 Å². The summed E-state index contributed by atoms with van der Waals surface area (Å²) in [5.74, 6) is -0.0833. The Morgan fingerprint density at radius 1 is 1.17 bits per heavy atom. The number of hydrogen-bond acceptors (Lipinski definition) is 5. The quantitative estimate of drug-likeness (QED) is 0.432. The second kappa shape index (κ2) is 9.65. The minimum absolute atomic E-state index is 0.0833. The van der Waals surface area contributed by atoms with E-state index in [0.29, 0.717) is 20.9 Å². The molecule has 0 atom stereocenters. The fourth-order valence-corrected chi connectivity index (χ4v) is 4.55. The molecule has 3 rings (SSSR count). The highest BCUT2D eigenvalue weighted by molar-refractivity contribution is 8.26. The molecule has 0 saturated carbocycles. The van der Waals surface area contributed by atoms with Gasteiger partial charge in [0.25, 0.3) is 5.91 Å². The van der Waals surface area contributed by atoms with Crippen molar-refractivity contribution >= 4 is 63.3 Å². The van der Waals surface area contributed by atoms with E-state index in [1.54, 1.807) is 4.90 Å². The monoisotopic (exact) mass is 445 g/mol. The van der Waals surface area contributed by atoms with Crippen LogP contribution in [0.15, 0.2) is 47.4 Å². The highest BCUT2D eigenvalue weighted by atomic mass is 35.5. The molecule has 29 heavy (non-hydrogen) atoms. The first-order valence-corrected chi connectivity index (χ1v) is 11.1. The van der Waals surface area contributed by atoms with E-state index in [1.165, 1.54) is 17.4 Å². The zero-order valence-electron chi connectivity index (χ0n) is 16.7. The molecular weight excluding hydrogens is 422 g/mol. The number of thiocarbonyl (C=S) groups is 1. The summed E-state index contributed by atoms with van der Waals surface area (Å²) in [5.41, 5.74) is 4.01. The number of thioether (sulfide) groups is 1. The Labute approximate surface area is 186 Å². The van der Waals surface area contributed by atoms with Crippen molar-refractivity contribution in [2.45, 2.75) is 20.8 Å². The second-order valence-electron chi connectivity index (χ2n) is 6.62. The Morgan fingerprint density at radius 2 is 1.86 bits per heavy atom. The van der Waals surface area contributed by atoms with Crippen LogP contribution < -0.4 is 10.2 Å². The van der Waals surface area contributed by atoms with E-state index in [1.807, 2.05) is 43.3 Å². The third kappa shape index (κ3) is 4.94. The minimum Gasteiger partial charge on any atom is -0.372 e. The number of anilines is 2. The first-order chi connectivity index (χ1) is 13.9. The highest BCUT2D eigenvalue weighted by Crippen LogP contribution is 2.33. The zero-order chi connectivity index (χ0) is 21.0. The molecule has 1 saturated heterocycles. The topological polar surface area (TPSA) is 35.6 Å². The van der Waals surface area contributed by atoms with Crippen LogP contribution in [0.5, 0.6) is 0 Å². The van der Waals surface area contributed by atoms with Gasteiger partial charge in [0.05, 0.1) is 11.6 Å². The average molecular weight is 446 g/mol. The summed E-state index contributed by atoms with van der Waals surface area (Å²) < 4.78 is 0.549. The standard InChI is InChI=1S/C22H24ClN3OS2/c1-4-25(5-2)17-11-9-16(10-12-17)13-20-21(27)26(22(28)29-20)14-24-19-8-6-7-18(23)15(19)3/h6-13,24H,4-5,14H2,1-3H3. The maximum absolute atomic E-state index is 12.8. The van der Waals surface area contributed by atoms with Crippen molar-refractivity contribution in [2.75, 3.05) is 30.0 Å². The van der Waals surface area contributed by atoms with Crippen molar-refractivity contribution in [3.63, 3.8) is 0 Å². The zero-order valence-corrected chi connectivity index (χ0v) is 19.1. The number of nitrogens with one attached hydrogen (secondary N) is 1. The highest BCUT2D eigenvalue weighted by Gasteiger charge is 2.31. The van der Waals surface area contributed by atoms with Gasteiger partial charge < -0.3 is 10.2 Å². The van der Waals surface area contributed by atoms with Crippen molar-refractivity contribution in [2.24, 2.45) is 0 Å². The summed E-state index contributed by atoms with van der Waals surface area (Å²) in [5, 5.41) is 3.95. The molecule has 0 spiro atoms. The number of nitrogens with zero attached hydrogens (tertiary/aromatic N) is 2. The van der Waals surface area contributed by atoms with E-state index >= 15 is 0 Å². The van der Waals surface area contributed by atoms with E-state index in [-0.39, 0.29) is 5.91 Å².